The van der Waals surface area contributed by atoms with Crippen LogP contribution in [0, 0.1) is 0 Å². The van der Waals surface area contributed by atoms with Crippen molar-refractivity contribution >= 4 is 28.3 Å². The van der Waals surface area contributed by atoms with Gasteiger partial charge in [0.1, 0.15) is 5.54 Å². The Kier molecular flexibility index (Phi) is 7.22. The molecule has 154 valence electrons. The monoisotopic (exact) mass is 427 g/mol. The van der Waals surface area contributed by atoms with E-state index in [4.69, 9.17) is 0 Å². The fourth-order valence-electron chi connectivity index (χ4n) is 3.26. The molecule has 0 bridgehead atoms. The van der Waals surface area contributed by atoms with Crippen LogP contribution in [0.2, 0.25) is 0 Å². The standard InChI is InChI=1S/C18H25N5O3S.ClH/c1-22(2)27(25,26)16-6-4-15(5-7-16)14-20-17(24)18(8-11-19-12-9-18)23-13-3-10-21-23;/h3-7,10,13,19H,8-9,11-12,14H2,1-2H3,(H,20,24);1H. The normalized spacial score (nSPS) is 16.4. The highest BCUT2D eigenvalue weighted by atomic mass is 35.5. The van der Waals surface area contributed by atoms with E-state index in [1.165, 1.54) is 18.4 Å². The van der Waals surface area contributed by atoms with Gasteiger partial charge in [-0.1, -0.05) is 12.1 Å². The molecule has 0 atom stereocenters. The fraction of sp³-hybridized carbons (Fsp3) is 0.444. The summed E-state index contributed by atoms with van der Waals surface area (Å²) in [6, 6.07) is 8.38. The predicted octanol–water partition coefficient (Wildman–Crippen LogP) is 0.950. The number of rotatable bonds is 6. The zero-order chi connectivity index (χ0) is 19.5. The molecule has 28 heavy (non-hydrogen) atoms. The van der Waals surface area contributed by atoms with Crippen LogP contribution in [0.1, 0.15) is 18.4 Å². The Balaban J connectivity index is 0.00000280. The molecule has 1 aliphatic heterocycles. The maximum atomic E-state index is 13.0. The number of carbonyl (C=O) groups excluding carboxylic acids is 1. The average Bonchev–Trinajstić information content (AvgIpc) is 3.22. The number of piperidine rings is 1. The summed E-state index contributed by atoms with van der Waals surface area (Å²) in [5.41, 5.74) is 0.147. The van der Waals surface area contributed by atoms with Crippen molar-refractivity contribution < 1.29 is 13.2 Å². The van der Waals surface area contributed by atoms with Crippen molar-refractivity contribution in [3.05, 3.63) is 48.3 Å². The average molecular weight is 428 g/mol. The molecule has 0 saturated carbocycles. The summed E-state index contributed by atoms with van der Waals surface area (Å²) in [7, 11) is -0.460. The van der Waals surface area contributed by atoms with Crippen LogP contribution in [0.5, 0.6) is 0 Å². The molecule has 0 aliphatic carbocycles. The molecule has 2 aromatic rings. The fourth-order valence-corrected chi connectivity index (χ4v) is 4.16. The van der Waals surface area contributed by atoms with Gasteiger partial charge in [0.05, 0.1) is 4.90 Å². The Morgan fingerprint density at radius 2 is 1.89 bits per heavy atom. The van der Waals surface area contributed by atoms with Gasteiger partial charge in [-0.15, -0.1) is 12.4 Å². The van der Waals surface area contributed by atoms with E-state index in [-0.39, 0.29) is 23.2 Å². The Hall–Kier alpha value is -1.94. The summed E-state index contributed by atoms with van der Waals surface area (Å²) in [6.07, 6.45) is 4.84. The third-order valence-electron chi connectivity index (χ3n) is 4.95. The van der Waals surface area contributed by atoms with Crippen molar-refractivity contribution in [1.29, 1.82) is 0 Å². The van der Waals surface area contributed by atoms with Crippen LogP contribution in [0.25, 0.3) is 0 Å². The summed E-state index contributed by atoms with van der Waals surface area (Å²) >= 11 is 0. The van der Waals surface area contributed by atoms with E-state index in [1.807, 2.05) is 12.3 Å². The topological polar surface area (TPSA) is 96.3 Å². The van der Waals surface area contributed by atoms with Gasteiger partial charge in [0.15, 0.2) is 0 Å². The van der Waals surface area contributed by atoms with E-state index in [1.54, 1.807) is 35.1 Å². The van der Waals surface area contributed by atoms with Crippen molar-refractivity contribution in [2.45, 2.75) is 29.8 Å². The van der Waals surface area contributed by atoms with Gasteiger partial charge in [-0.05, 0) is 49.7 Å². The molecule has 8 nitrogen and oxygen atoms in total. The number of nitrogens with zero attached hydrogens (tertiary/aromatic N) is 3. The van der Waals surface area contributed by atoms with Gasteiger partial charge in [0.25, 0.3) is 0 Å². The third kappa shape index (κ3) is 4.38. The highest BCUT2D eigenvalue weighted by Crippen LogP contribution is 2.27. The Bertz CT molecular complexity index is 876. The SMILES string of the molecule is CN(C)S(=O)(=O)c1ccc(CNC(=O)C2(n3cccn3)CCNCC2)cc1.Cl. The summed E-state index contributed by atoms with van der Waals surface area (Å²) in [5, 5.41) is 10.6. The molecule has 0 radical (unpaired) electrons. The number of sulfonamides is 1. The minimum Gasteiger partial charge on any atom is -0.350 e. The van der Waals surface area contributed by atoms with Crippen LogP contribution >= 0.6 is 12.4 Å². The minimum absolute atomic E-state index is 0. The highest BCUT2D eigenvalue weighted by Gasteiger charge is 2.41. The number of benzene rings is 1. The Morgan fingerprint density at radius 3 is 2.43 bits per heavy atom. The van der Waals surface area contributed by atoms with Gasteiger partial charge in [-0.3, -0.25) is 9.48 Å². The Labute approximate surface area is 171 Å². The molecule has 1 amide bonds. The second-order valence-electron chi connectivity index (χ2n) is 6.85. The molecule has 10 heteroatoms. The number of aromatic nitrogens is 2. The number of halogens is 1. The molecule has 0 spiro atoms. The van der Waals surface area contributed by atoms with Crippen LogP contribution in [0.3, 0.4) is 0 Å². The van der Waals surface area contributed by atoms with Gasteiger partial charge >= 0.3 is 0 Å². The highest BCUT2D eigenvalue weighted by molar-refractivity contribution is 7.89. The van der Waals surface area contributed by atoms with Gasteiger partial charge in [-0.25, -0.2) is 12.7 Å². The number of amides is 1. The molecule has 2 N–H and O–H groups in total. The third-order valence-corrected chi connectivity index (χ3v) is 6.78. The maximum Gasteiger partial charge on any atom is 0.248 e. The van der Waals surface area contributed by atoms with Crippen LogP contribution in [-0.2, 0) is 26.9 Å². The molecule has 3 rings (SSSR count). The predicted molar refractivity (Wildman–Crippen MR) is 109 cm³/mol. The van der Waals surface area contributed by atoms with Crippen LogP contribution in [-0.4, -0.2) is 55.6 Å². The van der Waals surface area contributed by atoms with Gasteiger partial charge < -0.3 is 10.6 Å². The molecule has 1 aliphatic rings. The molecule has 0 unspecified atom stereocenters. The molecular weight excluding hydrogens is 402 g/mol. The van der Waals surface area contributed by atoms with E-state index in [0.717, 1.165) is 18.7 Å². The summed E-state index contributed by atoms with van der Waals surface area (Å²) in [6.45, 7) is 1.84. The lowest BCUT2D eigenvalue weighted by atomic mass is 9.87. The molecule has 1 aromatic heterocycles. The van der Waals surface area contributed by atoms with E-state index < -0.39 is 15.6 Å². The molecule has 1 fully saturated rings. The van der Waals surface area contributed by atoms with E-state index in [0.29, 0.717) is 19.4 Å². The largest absolute Gasteiger partial charge is 0.350 e. The molecule has 2 heterocycles. The Morgan fingerprint density at radius 1 is 1.25 bits per heavy atom. The molecule has 1 aromatic carbocycles. The maximum absolute atomic E-state index is 13.0. The van der Waals surface area contributed by atoms with E-state index in [9.17, 15) is 13.2 Å². The second kappa shape index (κ2) is 9.04. The van der Waals surface area contributed by atoms with Crippen LogP contribution in [0.4, 0.5) is 0 Å². The number of hydrogen-bond donors (Lipinski definition) is 2. The zero-order valence-corrected chi connectivity index (χ0v) is 17.6. The first-order valence-electron chi connectivity index (χ1n) is 8.87. The minimum atomic E-state index is -3.45. The summed E-state index contributed by atoms with van der Waals surface area (Å²) in [4.78, 5) is 13.2. The van der Waals surface area contributed by atoms with Crippen molar-refractivity contribution in [2.75, 3.05) is 27.2 Å². The van der Waals surface area contributed by atoms with E-state index in [2.05, 4.69) is 15.7 Å². The van der Waals surface area contributed by atoms with Crippen molar-refractivity contribution in [3.8, 4) is 0 Å². The number of carbonyl (C=O) groups is 1. The lowest BCUT2D eigenvalue weighted by Gasteiger charge is -2.36. The molecular formula is C18H26ClN5O3S. The van der Waals surface area contributed by atoms with Crippen molar-refractivity contribution in [1.82, 2.24) is 24.7 Å². The summed E-state index contributed by atoms with van der Waals surface area (Å²) < 4.78 is 27.2. The van der Waals surface area contributed by atoms with E-state index >= 15 is 0 Å². The lowest BCUT2D eigenvalue weighted by Crippen LogP contribution is -2.54. The first kappa shape index (κ1) is 22.4. The smallest absolute Gasteiger partial charge is 0.248 e. The first-order valence-corrected chi connectivity index (χ1v) is 10.3. The van der Waals surface area contributed by atoms with Gasteiger partial charge in [-0.2, -0.15) is 5.10 Å². The first-order chi connectivity index (χ1) is 12.9. The number of nitrogens with one attached hydrogen (secondary N) is 2. The van der Waals surface area contributed by atoms with Gasteiger partial charge in [0.2, 0.25) is 15.9 Å². The summed E-state index contributed by atoms with van der Waals surface area (Å²) in [5.74, 6) is -0.0716. The number of hydrogen-bond acceptors (Lipinski definition) is 5. The van der Waals surface area contributed by atoms with Crippen LogP contribution < -0.4 is 10.6 Å². The lowest BCUT2D eigenvalue weighted by molar-refractivity contribution is -0.132. The second-order valence-corrected chi connectivity index (χ2v) is 9.00. The van der Waals surface area contributed by atoms with Crippen molar-refractivity contribution in [2.24, 2.45) is 0 Å². The molecule has 1 saturated heterocycles. The van der Waals surface area contributed by atoms with Gasteiger partial charge in [0, 0.05) is 33.0 Å². The van der Waals surface area contributed by atoms with Crippen LogP contribution in [0.15, 0.2) is 47.6 Å². The quantitative estimate of drug-likeness (QED) is 0.715. The zero-order valence-electron chi connectivity index (χ0n) is 16.0. The van der Waals surface area contributed by atoms with Crippen molar-refractivity contribution in [3.63, 3.8) is 0 Å².